The van der Waals surface area contributed by atoms with Crippen LogP contribution in [0.25, 0.3) is 0 Å². The topological polar surface area (TPSA) is 18.5 Å². The van der Waals surface area contributed by atoms with Crippen LogP contribution in [0.1, 0.15) is 60.8 Å². The zero-order valence-electron chi connectivity index (χ0n) is 14.1. The number of halogens is 2. The molecule has 0 spiro atoms. The van der Waals surface area contributed by atoms with E-state index >= 15 is 0 Å². The highest BCUT2D eigenvalue weighted by Gasteiger charge is 2.31. The van der Waals surface area contributed by atoms with Gasteiger partial charge in [0.2, 0.25) is 0 Å². The Morgan fingerprint density at radius 2 is 1.72 bits per heavy atom. The summed E-state index contributed by atoms with van der Waals surface area (Å²) in [5.41, 5.74) is 3.82. The molecule has 2 aliphatic rings. The largest absolute Gasteiger partial charge is 0.353 e. The molecule has 0 N–H and O–H groups in total. The fourth-order valence-corrected chi connectivity index (χ4v) is 4.28. The maximum atomic E-state index is 6.32. The Balaban J connectivity index is 1.61. The van der Waals surface area contributed by atoms with Crippen LogP contribution in [0, 0.1) is 0 Å². The van der Waals surface area contributed by atoms with E-state index in [1.807, 2.05) is 12.1 Å². The lowest BCUT2D eigenvalue weighted by molar-refractivity contribution is -0.192. The molecule has 1 saturated heterocycles. The van der Waals surface area contributed by atoms with Gasteiger partial charge in [0, 0.05) is 12.5 Å². The Morgan fingerprint density at radius 3 is 2.48 bits per heavy atom. The molecule has 1 aliphatic heterocycles. The van der Waals surface area contributed by atoms with Crippen molar-refractivity contribution >= 4 is 23.2 Å². The fraction of sp³-hybridized carbons (Fsp3) is 0.429. The minimum atomic E-state index is -0.0617. The second-order valence-electron chi connectivity index (χ2n) is 6.85. The summed E-state index contributed by atoms with van der Waals surface area (Å²) in [6.07, 6.45) is 5.39. The predicted octanol–water partition coefficient (Wildman–Crippen LogP) is 6.50. The van der Waals surface area contributed by atoms with Crippen LogP contribution in [-0.2, 0) is 9.47 Å². The standard InChI is InChI=1S/C21H22Cl2O2/c22-18-10-8-14(13-19(18)23)15-9-11-20(17-6-2-1-5-16(15)17)25-21-7-3-4-12-24-21/h1-2,5-6,8,10,13,15,20-21H,3-4,7,9,11-12H2. The van der Waals surface area contributed by atoms with Gasteiger partial charge in [0.25, 0.3) is 0 Å². The Bertz CT molecular complexity index is 740. The number of fused-ring (bicyclic) bond motifs is 1. The van der Waals surface area contributed by atoms with Gasteiger partial charge < -0.3 is 9.47 Å². The molecular weight excluding hydrogens is 355 g/mol. The molecular formula is C21H22Cl2O2. The minimum Gasteiger partial charge on any atom is -0.353 e. The number of hydrogen-bond acceptors (Lipinski definition) is 2. The van der Waals surface area contributed by atoms with Gasteiger partial charge in [-0.2, -0.15) is 0 Å². The van der Waals surface area contributed by atoms with Gasteiger partial charge in [0.15, 0.2) is 6.29 Å². The molecule has 1 aliphatic carbocycles. The molecule has 2 aromatic carbocycles. The van der Waals surface area contributed by atoms with Crippen molar-refractivity contribution in [2.75, 3.05) is 6.61 Å². The Morgan fingerprint density at radius 1 is 0.880 bits per heavy atom. The van der Waals surface area contributed by atoms with E-state index in [9.17, 15) is 0 Å². The van der Waals surface area contributed by atoms with Crippen LogP contribution in [0.5, 0.6) is 0 Å². The summed E-state index contributed by atoms with van der Waals surface area (Å²) < 4.78 is 12.1. The van der Waals surface area contributed by atoms with Crippen molar-refractivity contribution in [2.24, 2.45) is 0 Å². The lowest BCUT2D eigenvalue weighted by Gasteiger charge is -2.35. The second kappa shape index (κ2) is 7.67. The van der Waals surface area contributed by atoms with Gasteiger partial charge in [0.1, 0.15) is 0 Å². The van der Waals surface area contributed by atoms with Crippen molar-refractivity contribution in [3.8, 4) is 0 Å². The first-order valence-corrected chi connectivity index (χ1v) is 9.79. The van der Waals surface area contributed by atoms with Crippen LogP contribution in [0.2, 0.25) is 10.0 Å². The summed E-state index contributed by atoms with van der Waals surface area (Å²) in [7, 11) is 0. The van der Waals surface area contributed by atoms with E-state index in [0.717, 1.165) is 32.3 Å². The van der Waals surface area contributed by atoms with Crippen molar-refractivity contribution in [2.45, 2.75) is 50.4 Å². The number of hydrogen-bond donors (Lipinski definition) is 0. The average Bonchev–Trinajstić information content (AvgIpc) is 2.65. The van der Waals surface area contributed by atoms with Gasteiger partial charge in [-0.1, -0.05) is 53.5 Å². The first-order chi connectivity index (χ1) is 12.2. The van der Waals surface area contributed by atoms with Crippen LogP contribution < -0.4 is 0 Å². The maximum Gasteiger partial charge on any atom is 0.158 e. The summed E-state index contributed by atoms with van der Waals surface area (Å²) in [4.78, 5) is 0. The van der Waals surface area contributed by atoms with E-state index in [1.54, 1.807) is 0 Å². The summed E-state index contributed by atoms with van der Waals surface area (Å²) in [6.45, 7) is 0.810. The third-order valence-corrected chi connectivity index (χ3v) is 5.97. The molecule has 3 unspecified atom stereocenters. The van der Waals surface area contributed by atoms with Crippen molar-refractivity contribution in [1.82, 2.24) is 0 Å². The van der Waals surface area contributed by atoms with Gasteiger partial charge in [-0.05, 0) is 60.9 Å². The molecule has 4 rings (SSSR count). The highest BCUT2D eigenvalue weighted by Crippen LogP contribution is 2.44. The molecule has 1 fully saturated rings. The van der Waals surface area contributed by atoms with Crippen molar-refractivity contribution in [3.05, 3.63) is 69.2 Å². The fourth-order valence-electron chi connectivity index (χ4n) is 3.97. The molecule has 0 bridgehead atoms. The normalized spacial score (nSPS) is 26.2. The van der Waals surface area contributed by atoms with Crippen LogP contribution in [0.3, 0.4) is 0 Å². The van der Waals surface area contributed by atoms with Crippen molar-refractivity contribution in [1.29, 1.82) is 0 Å². The number of ether oxygens (including phenoxy) is 2. The first kappa shape index (κ1) is 17.4. The summed E-state index contributed by atoms with van der Waals surface area (Å²) in [5, 5.41) is 1.22. The highest BCUT2D eigenvalue weighted by atomic mass is 35.5. The van der Waals surface area contributed by atoms with Gasteiger partial charge >= 0.3 is 0 Å². The summed E-state index contributed by atoms with van der Waals surface area (Å²) in [6, 6.07) is 14.6. The molecule has 2 aromatic rings. The van der Waals surface area contributed by atoms with E-state index in [4.69, 9.17) is 32.7 Å². The van der Waals surface area contributed by atoms with Crippen LogP contribution in [0.15, 0.2) is 42.5 Å². The Hall–Kier alpha value is -1.06. The Kier molecular flexibility index (Phi) is 5.33. The van der Waals surface area contributed by atoms with Crippen LogP contribution >= 0.6 is 23.2 Å². The Labute approximate surface area is 159 Å². The lowest BCUT2D eigenvalue weighted by Crippen LogP contribution is -2.27. The lowest BCUT2D eigenvalue weighted by atomic mass is 9.77. The van der Waals surface area contributed by atoms with Crippen molar-refractivity contribution in [3.63, 3.8) is 0 Å². The van der Waals surface area contributed by atoms with E-state index < -0.39 is 0 Å². The molecule has 0 saturated carbocycles. The molecule has 0 amide bonds. The first-order valence-electron chi connectivity index (χ1n) is 9.03. The monoisotopic (exact) mass is 376 g/mol. The van der Waals surface area contributed by atoms with E-state index in [0.29, 0.717) is 16.0 Å². The second-order valence-corrected chi connectivity index (χ2v) is 7.67. The highest BCUT2D eigenvalue weighted by molar-refractivity contribution is 6.42. The maximum absolute atomic E-state index is 6.32. The van der Waals surface area contributed by atoms with Crippen LogP contribution in [-0.4, -0.2) is 12.9 Å². The number of benzene rings is 2. The zero-order valence-corrected chi connectivity index (χ0v) is 15.6. The molecule has 0 radical (unpaired) electrons. The summed E-state index contributed by atoms with van der Waals surface area (Å²) >= 11 is 12.3. The molecule has 132 valence electrons. The molecule has 2 nitrogen and oxygen atoms in total. The third kappa shape index (κ3) is 3.73. The third-order valence-electron chi connectivity index (χ3n) is 5.24. The van der Waals surface area contributed by atoms with E-state index in [2.05, 4.69) is 30.3 Å². The minimum absolute atomic E-state index is 0.0617. The van der Waals surface area contributed by atoms with Crippen molar-refractivity contribution < 1.29 is 9.47 Å². The molecule has 3 atom stereocenters. The quantitative estimate of drug-likeness (QED) is 0.608. The summed E-state index contributed by atoms with van der Waals surface area (Å²) in [5.74, 6) is 0.332. The number of rotatable bonds is 3. The molecule has 4 heteroatoms. The molecule has 0 aromatic heterocycles. The molecule has 25 heavy (non-hydrogen) atoms. The predicted molar refractivity (Wildman–Crippen MR) is 101 cm³/mol. The van der Waals surface area contributed by atoms with Gasteiger partial charge in [0.05, 0.1) is 16.1 Å². The van der Waals surface area contributed by atoms with Gasteiger partial charge in [-0.25, -0.2) is 0 Å². The van der Waals surface area contributed by atoms with Gasteiger partial charge in [-0.3, -0.25) is 0 Å². The van der Waals surface area contributed by atoms with Gasteiger partial charge in [-0.15, -0.1) is 0 Å². The van der Waals surface area contributed by atoms with E-state index in [1.165, 1.54) is 23.1 Å². The zero-order chi connectivity index (χ0) is 17.2. The average molecular weight is 377 g/mol. The smallest absolute Gasteiger partial charge is 0.158 e. The van der Waals surface area contributed by atoms with E-state index in [-0.39, 0.29) is 12.4 Å². The SMILES string of the molecule is Clc1ccc(C2CCC(OC3CCCCO3)c3ccccc32)cc1Cl. The van der Waals surface area contributed by atoms with Crippen LogP contribution in [0.4, 0.5) is 0 Å². The molecule has 1 heterocycles.